The molecule has 1 N–H and O–H groups in total. The standard InChI is InChI=1S/C10H11ClFNO2/c1-7(6-11)15-10(14)13-9-4-2-3-8(12)5-9/h2-5,7H,6H2,1H3,(H,13,14). The zero-order valence-electron chi connectivity index (χ0n) is 8.17. The molecule has 1 aromatic carbocycles. The third-order valence-corrected chi connectivity index (χ3v) is 2.03. The lowest BCUT2D eigenvalue weighted by molar-refractivity contribution is 0.131. The minimum absolute atomic E-state index is 0.219. The molecule has 0 saturated heterocycles. The third-order valence-electron chi connectivity index (χ3n) is 1.60. The van der Waals surface area contributed by atoms with Crippen LogP contribution < -0.4 is 5.32 Å². The largest absolute Gasteiger partial charge is 0.445 e. The number of rotatable bonds is 3. The Labute approximate surface area is 92.2 Å². The fourth-order valence-electron chi connectivity index (χ4n) is 0.928. The number of hydrogen-bond donors (Lipinski definition) is 1. The number of amides is 1. The van der Waals surface area contributed by atoms with Crippen molar-refractivity contribution in [2.24, 2.45) is 0 Å². The molecule has 3 nitrogen and oxygen atoms in total. The Kier molecular flexibility index (Phi) is 4.37. The highest BCUT2D eigenvalue weighted by molar-refractivity contribution is 6.18. The normalized spacial score (nSPS) is 11.9. The summed E-state index contributed by atoms with van der Waals surface area (Å²) in [6, 6.07) is 5.55. The van der Waals surface area contributed by atoms with Crippen LogP contribution in [-0.2, 0) is 4.74 Å². The van der Waals surface area contributed by atoms with Gasteiger partial charge in [0.25, 0.3) is 0 Å². The highest BCUT2D eigenvalue weighted by atomic mass is 35.5. The first kappa shape index (κ1) is 11.8. The van der Waals surface area contributed by atoms with Crippen LogP contribution in [0.25, 0.3) is 0 Å². The summed E-state index contributed by atoms with van der Waals surface area (Å²) in [4.78, 5) is 11.2. The molecule has 1 amide bonds. The maximum Gasteiger partial charge on any atom is 0.411 e. The van der Waals surface area contributed by atoms with Gasteiger partial charge in [-0.25, -0.2) is 9.18 Å². The number of anilines is 1. The van der Waals surface area contributed by atoms with Gasteiger partial charge in [-0.3, -0.25) is 5.32 Å². The molecule has 0 aliphatic rings. The lowest BCUT2D eigenvalue weighted by atomic mass is 10.3. The van der Waals surface area contributed by atoms with Gasteiger partial charge in [0, 0.05) is 5.69 Å². The van der Waals surface area contributed by atoms with Crippen molar-refractivity contribution in [3.8, 4) is 0 Å². The molecular formula is C10H11ClFNO2. The first-order valence-electron chi connectivity index (χ1n) is 4.41. The van der Waals surface area contributed by atoms with Crippen LogP contribution in [0.15, 0.2) is 24.3 Å². The van der Waals surface area contributed by atoms with Gasteiger partial charge >= 0.3 is 6.09 Å². The smallest absolute Gasteiger partial charge is 0.411 e. The Morgan fingerprint density at radius 2 is 2.40 bits per heavy atom. The number of hydrogen-bond acceptors (Lipinski definition) is 2. The molecule has 0 spiro atoms. The van der Waals surface area contributed by atoms with E-state index in [0.717, 1.165) is 0 Å². The summed E-state index contributed by atoms with van der Waals surface area (Å²) < 4.78 is 17.6. The molecule has 0 fully saturated rings. The Morgan fingerprint density at radius 3 is 3.00 bits per heavy atom. The topological polar surface area (TPSA) is 38.3 Å². The van der Waals surface area contributed by atoms with E-state index in [1.807, 2.05) is 0 Å². The van der Waals surface area contributed by atoms with Crippen LogP contribution in [0.2, 0.25) is 0 Å². The van der Waals surface area contributed by atoms with Crippen molar-refractivity contribution in [2.75, 3.05) is 11.2 Å². The molecule has 1 rings (SSSR count). The molecule has 0 aliphatic carbocycles. The summed E-state index contributed by atoms with van der Waals surface area (Å²) >= 11 is 5.46. The third kappa shape index (κ3) is 4.16. The minimum Gasteiger partial charge on any atom is -0.445 e. The van der Waals surface area contributed by atoms with Gasteiger partial charge in [0.2, 0.25) is 0 Å². The maximum atomic E-state index is 12.7. The Morgan fingerprint density at radius 1 is 1.67 bits per heavy atom. The number of carbonyl (C=O) groups excluding carboxylic acids is 1. The van der Waals surface area contributed by atoms with Crippen molar-refractivity contribution in [2.45, 2.75) is 13.0 Å². The molecule has 82 valence electrons. The van der Waals surface area contributed by atoms with Crippen LogP contribution >= 0.6 is 11.6 Å². The SMILES string of the molecule is CC(CCl)OC(=O)Nc1cccc(F)c1. The number of alkyl halides is 1. The average molecular weight is 232 g/mol. The van der Waals surface area contributed by atoms with E-state index in [9.17, 15) is 9.18 Å². The molecule has 0 saturated carbocycles. The van der Waals surface area contributed by atoms with Gasteiger partial charge in [-0.15, -0.1) is 11.6 Å². The monoisotopic (exact) mass is 231 g/mol. The summed E-state index contributed by atoms with van der Waals surface area (Å²) in [5.41, 5.74) is 0.349. The van der Waals surface area contributed by atoms with E-state index in [1.54, 1.807) is 13.0 Å². The van der Waals surface area contributed by atoms with E-state index in [1.165, 1.54) is 18.2 Å². The Bertz CT molecular complexity index is 346. The van der Waals surface area contributed by atoms with Gasteiger partial charge in [0.1, 0.15) is 11.9 Å². The minimum atomic E-state index is -0.645. The van der Waals surface area contributed by atoms with E-state index < -0.39 is 11.9 Å². The first-order valence-corrected chi connectivity index (χ1v) is 4.94. The summed E-state index contributed by atoms with van der Waals surface area (Å²) in [5.74, 6) is -0.200. The molecular weight excluding hydrogens is 221 g/mol. The predicted octanol–water partition coefficient (Wildman–Crippen LogP) is 3.00. The second-order valence-electron chi connectivity index (χ2n) is 3.01. The number of nitrogens with one attached hydrogen (secondary N) is 1. The molecule has 0 radical (unpaired) electrons. The summed E-state index contributed by atoms with van der Waals surface area (Å²) in [5, 5.41) is 2.39. The molecule has 0 bridgehead atoms. The van der Waals surface area contributed by atoms with Gasteiger partial charge in [-0.05, 0) is 25.1 Å². The van der Waals surface area contributed by atoms with Crippen molar-refractivity contribution in [1.29, 1.82) is 0 Å². The Balaban J connectivity index is 2.51. The highest BCUT2D eigenvalue weighted by Crippen LogP contribution is 2.09. The predicted molar refractivity (Wildman–Crippen MR) is 56.7 cm³/mol. The van der Waals surface area contributed by atoms with Crippen LogP contribution in [0.3, 0.4) is 0 Å². The Hall–Kier alpha value is -1.29. The van der Waals surface area contributed by atoms with E-state index in [-0.39, 0.29) is 12.0 Å². The van der Waals surface area contributed by atoms with Crippen LogP contribution in [0, 0.1) is 5.82 Å². The summed E-state index contributed by atoms with van der Waals surface area (Å²) in [6.07, 6.45) is -1.02. The second kappa shape index (κ2) is 5.56. The van der Waals surface area contributed by atoms with Gasteiger partial charge in [-0.2, -0.15) is 0 Å². The molecule has 0 aliphatic heterocycles. The molecule has 1 atom stereocenters. The van der Waals surface area contributed by atoms with E-state index in [0.29, 0.717) is 5.69 Å². The summed E-state index contributed by atoms with van der Waals surface area (Å²) in [7, 11) is 0. The van der Waals surface area contributed by atoms with Crippen molar-refractivity contribution in [3.05, 3.63) is 30.1 Å². The highest BCUT2D eigenvalue weighted by Gasteiger charge is 2.08. The zero-order chi connectivity index (χ0) is 11.3. The lowest BCUT2D eigenvalue weighted by Crippen LogP contribution is -2.21. The van der Waals surface area contributed by atoms with Gasteiger partial charge in [0.05, 0.1) is 5.88 Å². The number of halogens is 2. The van der Waals surface area contributed by atoms with E-state index >= 15 is 0 Å². The van der Waals surface area contributed by atoms with Gasteiger partial charge in [0.15, 0.2) is 0 Å². The van der Waals surface area contributed by atoms with Crippen LogP contribution in [0.5, 0.6) is 0 Å². The summed E-state index contributed by atoms with van der Waals surface area (Å²) in [6.45, 7) is 1.66. The van der Waals surface area contributed by atoms with Crippen molar-refractivity contribution < 1.29 is 13.9 Å². The first-order chi connectivity index (χ1) is 7.11. The van der Waals surface area contributed by atoms with Gasteiger partial charge in [-0.1, -0.05) is 6.07 Å². The molecule has 0 heterocycles. The van der Waals surface area contributed by atoms with E-state index in [4.69, 9.17) is 16.3 Å². The molecule has 15 heavy (non-hydrogen) atoms. The van der Waals surface area contributed by atoms with Crippen LogP contribution in [-0.4, -0.2) is 18.1 Å². The quantitative estimate of drug-likeness (QED) is 0.813. The molecule has 1 aromatic rings. The van der Waals surface area contributed by atoms with Gasteiger partial charge < -0.3 is 4.74 Å². The molecule has 0 aromatic heterocycles. The second-order valence-corrected chi connectivity index (χ2v) is 3.31. The van der Waals surface area contributed by atoms with E-state index in [2.05, 4.69) is 5.32 Å². The van der Waals surface area contributed by atoms with Crippen LogP contribution in [0.4, 0.5) is 14.9 Å². The van der Waals surface area contributed by atoms with Crippen LogP contribution in [0.1, 0.15) is 6.92 Å². The number of ether oxygens (including phenoxy) is 1. The van der Waals surface area contributed by atoms with Crippen molar-refractivity contribution >= 4 is 23.4 Å². The van der Waals surface area contributed by atoms with Crippen molar-refractivity contribution in [1.82, 2.24) is 0 Å². The molecule has 5 heteroatoms. The zero-order valence-corrected chi connectivity index (χ0v) is 8.92. The number of benzene rings is 1. The fraction of sp³-hybridized carbons (Fsp3) is 0.300. The fourth-order valence-corrected chi connectivity index (χ4v) is 0.991. The van der Waals surface area contributed by atoms with Crippen molar-refractivity contribution in [3.63, 3.8) is 0 Å². The molecule has 1 unspecified atom stereocenters. The number of carbonyl (C=O) groups is 1. The average Bonchev–Trinajstić information content (AvgIpc) is 2.17. The lowest BCUT2D eigenvalue weighted by Gasteiger charge is -2.10. The maximum absolute atomic E-state index is 12.7.